The lowest BCUT2D eigenvalue weighted by Gasteiger charge is -2.21. The normalized spacial score (nSPS) is 12.2. The van der Waals surface area contributed by atoms with Gasteiger partial charge in [0, 0.05) is 11.3 Å². The van der Waals surface area contributed by atoms with Crippen LogP contribution in [0.5, 0.6) is 0 Å². The topological polar surface area (TPSA) is 71.3 Å². The summed E-state index contributed by atoms with van der Waals surface area (Å²) in [6, 6.07) is 15.0. The highest BCUT2D eigenvalue weighted by Gasteiger charge is 2.21. The van der Waals surface area contributed by atoms with Crippen LogP contribution in [-0.4, -0.2) is 34.6 Å². The molecule has 0 saturated heterocycles. The molecule has 3 rings (SSSR count). The lowest BCUT2D eigenvalue weighted by molar-refractivity contribution is -0.117. The van der Waals surface area contributed by atoms with Gasteiger partial charge in [0.05, 0.1) is 12.6 Å². The quantitative estimate of drug-likeness (QED) is 0.733. The van der Waals surface area contributed by atoms with Crippen molar-refractivity contribution < 1.29 is 13.6 Å². The lowest BCUT2D eigenvalue weighted by Crippen LogP contribution is -2.32. The molecule has 0 radical (unpaired) electrons. The summed E-state index contributed by atoms with van der Waals surface area (Å²) in [5.41, 5.74) is 1.25. The summed E-state index contributed by atoms with van der Waals surface area (Å²) in [6.07, 6.45) is 0. The molecule has 7 heteroatoms. The zero-order valence-corrected chi connectivity index (χ0v) is 14.5. The number of benzene rings is 2. The first-order valence-electron chi connectivity index (χ1n) is 8.17. The van der Waals surface area contributed by atoms with Crippen molar-refractivity contribution >= 4 is 11.6 Å². The smallest absolute Gasteiger partial charge is 0.247 e. The summed E-state index contributed by atoms with van der Waals surface area (Å²) >= 11 is 0. The van der Waals surface area contributed by atoms with Crippen molar-refractivity contribution in [3.05, 3.63) is 66.3 Å². The van der Waals surface area contributed by atoms with Gasteiger partial charge in [-0.15, -0.1) is 10.2 Å². The number of aromatic nitrogens is 2. The molecular weight excluding hydrogens is 335 g/mol. The van der Waals surface area contributed by atoms with Crippen molar-refractivity contribution in [2.45, 2.75) is 13.0 Å². The fourth-order valence-electron chi connectivity index (χ4n) is 2.42. The van der Waals surface area contributed by atoms with E-state index >= 15 is 0 Å². The Balaban J connectivity index is 1.61. The molecule has 0 aliphatic heterocycles. The SMILES string of the molecule is CC(c1nnc(-c2ccccc2)o1)N(C)CC(=O)Nc1cccc(F)c1. The van der Waals surface area contributed by atoms with Crippen LogP contribution in [0.25, 0.3) is 11.5 Å². The first-order chi connectivity index (χ1) is 12.5. The Hall–Kier alpha value is -3.06. The Morgan fingerprint density at radius 3 is 2.69 bits per heavy atom. The van der Waals surface area contributed by atoms with Crippen LogP contribution in [0.4, 0.5) is 10.1 Å². The molecule has 0 saturated carbocycles. The van der Waals surface area contributed by atoms with E-state index in [2.05, 4.69) is 15.5 Å². The molecule has 0 bridgehead atoms. The number of nitrogens with zero attached hydrogens (tertiary/aromatic N) is 3. The Bertz CT molecular complexity index is 882. The highest BCUT2D eigenvalue weighted by molar-refractivity contribution is 5.92. The predicted octanol–water partition coefficient (Wildman–Crippen LogP) is 3.51. The van der Waals surface area contributed by atoms with Crippen molar-refractivity contribution in [3.63, 3.8) is 0 Å². The predicted molar refractivity (Wildman–Crippen MR) is 95.8 cm³/mol. The molecule has 26 heavy (non-hydrogen) atoms. The maximum Gasteiger partial charge on any atom is 0.247 e. The third-order valence-electron chi connectivity index (χ3n) is 3.98. The van der Waals surface area contributed by atoms with Crippen LogP contribution in [0.3, 0.4) is 0 Å². The van der Waals surface area contributed by atoms with Gasteiger partial charge in [-0.2, -0.15) is 0 Å². The molecule has 1 N–H and O–H groups in total. The number of rotatable bonds is 6. The fourth-order valence-corrected chi connectivity index (χ4v) is 2.42. The van der Waals surface area contributed by atoms with Gasteiger partial charge in [-0.3, -0.25) is 9.69 Å². The summed E-state index contributed by atoms with van der Waals surface area (Å²) in [6.45, 7) is 1.97. The van der Waals surface area contributed by atoms with E-state index in [1.54, 1.807) is 24.1 Å². The molecule has 1 aromatic heterocycles. The van der Waals surface area contributed by atoms with Crippen molar-refractivity contribution in [1.82, 2.24) is 15.1 Å². The third kappa shape index (κ3) is 4.31. The van der Waals surface area contributed by atoms with Gasteiger partial charge in [-0.05, 0) is 44.3 Å². The minimum Gasteiger partial charge on any atom is -0.419 e. The third-order valence-corrected chi connectivity index (χ3v) is 3.98. The minimum atomic E-state index is -0.399. The van der Waals surface area contributed by atoms with Crippen LogP contribution in [0, 0.1) is 5.82 Å². The van der Waals surface area contributed by atoms with Crippen LogP contribution >= 0.6 is 0 Å². The summed E-state index contributed by atoms with van der Waals surface area (Å²) < 4.78 is 18.9. The second kappa shape index (κ2) is 7.88. The van der Waals surface area contributed by atoms with Gasteiger partial charge in [0.15, 0.2) is 0 Å². The maximum atomic E-state index is 13.2. The van der Waals surface area contributed by atoms with E-state index in [0.717, 1.165) is 5.56 Å². The molecule has 6 nitrogen and oxygen atoms in total. The fraction of sp³-hybridized carbons (Fsp3) is 0.211. The highest BCUT2D eigenvalue weighted by atomic mass is 19.1. The van der Waals surface area contributed by atoms with Crippen LogP contribution in [0.2, 0.25) is 0 Å². The second-order valence-corrected chi connectivity index (χ2v) is 5.96. The molecular formula is C19H19FN4O2. The average molecular weight is 354 g/mol. The van der Waals surface area contributed by atoms with Gasteiger partial charge in [0.25, 0.3) is 0 Å². The monoisotopic (exact) mass is 354 g/mol. The number of hydrogen-bond donors (Lipinski definition) is 1. The van der Waals surface area contributed by atoms with Gasteiger partial charge < -0.3 is 9.73 Å². The van der Waals surface area contributed by atoms with E-state index in [4.69, 9.17) is 4.42 Å². The van der Waals surface area contributed by atoms with Crippen molar-refractivity contribution in [2.75, 3.05) is 18.9 Å². The van der Waals surface area contributed by atoms with Crippen LogP contribution < -0.4 is 5.32 Å². The number of likely N-dealkylation sites (N-methyl/N-ethyl adjacent to an activating group) is 1. The Morgan fingerprint density at radius 1 is 1.19 bits per heavy atom. The molecule has 1 unspecified atom stereocenters. The van der Waals surface area contributed by atoms with Crippen LogP contribution in [0.15, 0.2) is 59.0 Å². The van der Waals surface area contributed by atoms with Gasteiger partial charge in [-0.25, -0.2) is 4.39 Å². The molecule has 0 aliphatic rings. The second-order valence-electron chi connectivity index (χ2n) is 5.96. The van der Waals surface area contributed by atoms with E-state index < -0.39 is 5.82 Å². The van der Waals surface area contributed by atoms with Gasteiger partial charge in [0.1, 0.15) is 5.82 Å². The van der Waals surface area contributed by atoms with Gasteiger partial charge >= 0.3 is 0 Å². The molecule has 134 valence electrons. The Labute approximate surface area is 150 Å². The number of carbonyl (C=O) groups excluding carboxylic acids is 1. The minimum absolute atomic E-state index is 0.0979. The number of nitrogens with one attached hydrogen (secondary N) is 1. The number of amides is 1. The molecule has 1 heterocycles. The molecule has 3 aromatic rings. The number of hydrogen-bond acceptors (Lipinski definition) is 5. The number of halogens is 1. The summed E-state index contributed by atoms with van der Waals surface area (Å²) in [5.74, 6) is 0.201. The van der Waals surface area contributed by atoms with Crippen molar-refractivity contribution in [3.8, 4) is 11.5 Å². The van der Waals surface area contributed by atoms with Crippen molar-refractivity contribution in [1.29, 1.82) is 0 Å². The number of carbonyl (C=O) groups is 1. The summed E-state index contributed by atoms with van der Waals surface area (Å²) in [5, 5.41) is 10.8. The molecule has 0 aliphatic carbocycles. The number of anilines is 1. The summed E-state index contributed by atoms with van der Waals surface area (Å²) in [7, 11) is 1.78. The largest absolute Gasteiger partial charge is 0.419 e. The van der Waals surface area contributed by atoms with Crippen molar-refractivity contribution in [2.24, 2.45) is 0 Å². The highest BCUT2D eigenvalue weighted by Crippen LogP contribution is 2.22. The molecule has 2 aromatic carbocycles. The van der Waals surface area contributed by atoms with E-state index in [-0.39, 0.29) is 18.5 Å². The molecule has 1 atom stereocenters. The molecule has 0 spiro atoms. The molecule has 0 fully saturated rings. The maximum absolute atomic E-state index is 13.2. The zero-order chi connectivity index (χ0) is 18.5. The first kappa shape index (κ1) is 17.8. The van der Waals surface area contributed by atoms with Crippen LogP contribution in [-0.2, 0) is 4.79 Å². The standard InChI is InChI=1S/C19H19FN4O2/c1-13(18-22-23-19(26-18)14-7-4-3-5-8-14)24(2)12-17(25)21-16-10-6-9-15(20)11-16/h3-11,13H,12H2,1-2H3,(H,21,25). The Morgan fingerprint density at radius 2 is 1.96 bits per heavy atom. The van der Waals surface area contributed by atoms with E-state index in [1.165, 1.54) is 12.1 Å². The first-order valence-corrected chi connectivity index (χ1v) is 8.17. The van der Waals surface area contributed by atoms with E-state index in [0.29, 0.717) is 17.5 Å². The van der Waals surface area contributed by atoms with Gasteiger partial charge in [-0.1, -0.05) is 24.3 Å². The molecule has 1 amide bonds. The van der Waals surface area contributed by atoms with Gasteiger partial charge in [0.2, 0.25) is 17.7 Å². The average Bonchev–Trinajstić information content (AvgIpc) is 3.11. The zero-order valence-electron chi connectivity index (χ0n) is 14.5. The Kier molecular flexibility index (Phi) is 5.38. The van der Waals surface area contributed by atoms with E-state index in [1.807, 2.05) is 37.3 Å². The summed E-state index contributed by atoms with van der Waals surface area (Å²) in [4.78, 5) is 13.9. The lowest BCUT2D eigenvalue weighted by atomic mass is 10.2. The van der Waals surface area contributed by atoms with Crippen LogP contribution in [0.1, 0.15) is 18.9 Å². The van der Waals surface area contributed by atoms with E-state index in [9.17, 15) is 9.18 Å².